The number of nitrogens with one attached hydrogen (secondary N) is 1. The van der Waals surface area contributed by atoms with Gasteiger partial charge in [-0.1, -0.05) is 29.8 Å². The van der Waals surface area contributed by atoms with Crippen LogP contribution >= 0.6 is 11.6 Å². The van der Waals surface area contributed by atoms with Gasteiger partial charge < -0.3 is 11.1 Å². The molecule has 0 fully saturated rings. The van der Waals surface area contributed by atoms with Gasteiger partial charge in [0.15, 0.2) is 0 Å². The van der Waals surface area contributed by atoms with Gasteiger partial charge in [-0.3, -0.25) is 0 Å². The molecule has 0 unspecified atom stereocenters. The minimum atomic E-state index is 0.753. The van der Waals surface area contributed by atoms with Crippen molar-refractivity contribution >= 4 is 23.0 Å². The van der Waals surface area contributed by atoms with Crippen molar-refractivity contribution in [3.63, 3.8) is 0 Å². The topological polar surface area (TPSA) is 38.0 Å². The van der Waals surface area contributed by atoms with Gasteiger partial charge in [0.2, 0.25) is 0 Å². The third-order valence-electron chi connectivity index (χ3n) is 2.62. The Morgan fingerprint density at radius 3 is 2.41 bits per heavy atom. The third kappa shape index (κ3) is 3.40. The maximum Gasteiger partial charge on any atom is 0.0407 e. The number of para-hydroxylation sites is 1. The van der Waals surface area contributed by atoms with Crippen LogP contribution in [-0.4, -0.2) is 6.54 Å². The number of hydrogen-bond donors (Lipinski definition) is 2. The Bertz CT molecular complexity index is 480. The molecule has 0 aliphatic heterocycles. The fraction of sp³-hybridized carbons (Fsp3) is 0.143. The molecule has 0 aliphatic rings. The molecule has 3 heteroatoms. The minimum Gasteiger partial charge on any atom is -0.399 e. The van der Waals surface area contributed by atoms with Gasteiger partial charge in [0.1, 0.15) is 0 Å². The Balaban J connectivity index is 1.88. The smallest absolute Gasteiger partial charge is 0.0407 e. The van der Waals surface area contributed by atoms with Crippen LogP contribution in [0, 0.1) is 0 Å². The van der Waals surface area contributed by atoms with Crippen LogP contribution < -0.4 is 11.1 Å². The van der Waals surface area contributed by atoms with Crippen LogP contribution in [0.3, 0.4) is 0 Å². The van der Waals surface area contributed by atoms with Gasteiger partial charge in [0, 0.05) is 22.9 Å². The molecule has 2 aromatic carbocycles. The van der Waals surface area contributed by atoms with Crippen molar-refractivity contribution in [2.24, 2.45) is 0 Å². The second-order valence-electron chi connectivity index (χ2n) is 3.88. The number of nitrogens with two attached hydrogens (primary N) is 1. The van der Waals surface area contributed by atoms with Gasteiger partial charge in [-0.15, -0.1) is 0 Å². The lowest BCUT2D eigenvalue weighted by molar-refractivity contribution is 1.02. The fourth-order valence-electron chi connectivity index (χ4n) is 1.67. The van der Waals surface area contributed by atoms with Crippen LogP contribution in [0.4, 0.5) is 11.4 Å². The summed E-state index contributed by atoms with van der Waals surface area (Å²) in [5.41, 5.74) is 8.97. The second-order valence-corrected chi connectivity index (χ2v) is 4.32. The zero-order chi connectivity index (χ0) is 12.1. The highest BCUT2D eigenvalue weighted by molar-refractivity contribution is 6.30. The highest BCUT2D eigenvalue weighted by Gasteiger charge is 1.97. The summed E-state index contributed by atoms with van der Waals surface area (Å²) in [6, 6.07) is 15.6. The molecular weight excluding hydrogens is 232 g/mol. The van der Waals surface area contributed by atoms with Crippen molar-refractivity contribution in [2.45, 2.75) is 6.42 Å². The van der Waals surface area contributed by atoms with E-state index in [1.165, 1.54) is 5.56 Å². The predicted octanol–water partition coefficient (Wildman–Crippen LogP) is 3.58. The molecule has 88 valence electrons. The van der Waals surface area contributed by atoms with Gasteiger partial charge in [-0.05, 0) is 42.3 Å². The van der Waals surface area contributed by atoms with Crippen molar-refractivity contribution < 1.29 is 0 Å². The van der Waals surface area contributed by atoms with E-state index < -0.39 is 0 Å². The van der Waals surface area contributed by atoms with Crippen LogP contribution in [0.2, 0.25) is 5.02 Å². The van der Waals surface area contributed by atoms with Crippen molar-refractivity contribution in [3.05, 3.63) is 59.1 Å². The van der Waals surface area contributed by atoms with Gasteiger partial charge in [0.05, 0.1) is 0 Å². The molecule has 0 atom stereocenters. The van der Waals surface area contributed by atoms with E-state index in [-0.39, 0.29) is 0 Å². The average molecular weight is 247 g/mol. The minimum absolute atomic E-state index is 0.753. The average Bonchev–Trinajstić information content (AvgIpc) is 2.34. The number of anilines is 2. The molecule has 0 aromatic heterocycles. The van der Waals surface area contributed by atoms with Gasteiger partial charge in [-0.25, -0.2) is 0 Å². The summed E-state index contributed by atoms with van der Waals surface area (Å²) in [4.78, 5) is 0. The van der Waals surface area contributed by atoms with E-state index in [1.54, 1.807) is 0 Å². The van der Waals surface area contributed by atoms with Gasteiger partial charge in [0.25, 0.3) is 0 Å². The van der Waals surface area contributed by atoms with E-state index in [0.717, 1.165) is 29.4 Å². The number of nitrogen functional groups attached to an aromatic ring is 1. The largest absolute Gasteiger partial charge is 0.399 e. The van der Waals surface area contributed by atoms with E-state index in [4.69, 9.17) is 17.3 Å². The first-order chi connectivity index (χ1) is 8.25. The van der Waals surface area contributed by atoms with Crippen LogP contribution in [-0.2, 0) is 6.42 Å². The normalized spacial score (nSPS) is 10.2. The molecule has 2 aromatic rings. The van der Waals surface area contributed by atoms with E-state index >= 15 is 0 Å². The molecule has 17 heavy (non-hydrogen) atoms. The second kappa shape index (κ2) is 5.60. The summed E-state index contributed by atoms with van der Waals surface area (Å²) in [5, 5.41) is 4.09. The van der Waals surface area contributed by atoms with Crippen LogP contribution in [0.25, 0.3) is 0 Å². The standard InChI is InChI=1S/C14H15ClN2/c15-12-5-7-13(8-6-12)17-10-9-11-3-1-2-4-14(11)16/h1-8,17H,9-10,16H2. The zero-order valence-corrected chi connectivity index (χ0v) is 10.2. The Morgan fingerprint density at radius 2 is 1.71 bits per heavy atom. The Kier molecular flexibility index (Phi) is 3.89. The molecule has 0 aliphatic carbocycles. The summed E-state index contributed by atoms with van der Waals surface area (Å²) < 4.78 is 0. The molecule has 0 radical (unpaired) electrons. The summed E-state index contributed by atoms with van der Waals surface area (Å²) in [5.74, 6) is 0. The molecule has 0 saturated carbocycles. The molecule has 0 spiro atoms. The van der Waals surface area contributed by atoms with Gasteiger partial charge in [-0.2, -0.15) is 0 Å². The molecule has 0 bridgehead atoms. The molecule has 2 rings (SSSR count). The Hall–Kier alpha value is -1.67. The van der Waals surface area contributed by atoms with E-state index in [1.807, 2.05) is 42.5 Å². The summed E-state index contributed by atoms with van der Waals surface area (Å²) >= 11 is 5.82. The van der Waals surface area contributed by atoms with Crippen molar-refractivity contribution in [1.29, 1.82) is 0 Å². The fourth-order valence-corrected chi connectivity index (χ4v) is 1.80. The third-order valence-corrected chi connectivity index (χ3v) is 2.87. The molecule has 0 heterocycles. The van der Waals surface area contributed by atoms with Crippen LogP contribution in [0.5, 0.6) is 0 Å². The van der Waals surface area contributed by atoms with E-state index in [9.17, 15) is 0 Å². The molecule has 0 saturated heterocycles. The quantitative estimate of drug-likeness (QED) is 0.810. The lowest BCUT2D eigenvalue weighted by Gasteiger charge is -2.08. The van der Waals surface area contributed by atoms with Crippen LogP contribution in [0.15, 0.2) is 48.5 Å². The maximum atomic E-state index is 5.87. The molecule has 0 amide bonds. The lowest BCUT2D eigenvalue weighted by atomic mass is 10.1. The first-order valence-corrected chi connectivity index (χ1v) is 5.96. The Morgan fingerprint density at radius 1 is 1.00 bits per heavy atom. The molecule has 3 N–H and O–H groups in total. The first-order valence-electron chi connectivity index (χ1n) is 5.58. The predicted molar refractivity (Wildman–Crippen MR) is 74.5 cm³/mol. The highest BCUT2D eigenvalue weighted by atomic mass is 35.5. The Labute approximate surface area is 106 Å². The number of hydrogen-bond acceptors (Lipinski definition) is 2. The monoisotopic (exact) mass is 246 g/mol. The molecular formula is C14H15ClN2. The number of benzene rings is 2. The van der Waals surface area contributed by atoms with Crippen molar-refractivity contribution in [1.82, 2.24) is 0 Å². The van der Waals surface area contributed by atoms with E-state index in [2.05, 4.69) is 11.4 Å². The van der Waals surface area contributed by atoms with Gasteiger partial charge >= 0.3 is 0 Å². The van der Waals surface area contributed by atoms with Crippen molar-refractivity contribution in [2.75, 3.05) is 17.6 Å². The molecule has 2 nitrogen and oxygen atoms in total. The van der Waals surface area contributed by atoms with Crippen molar-refractivity contribution in [3.8, 4) is 0 Å². The lowest BCUT2D eigenvalue weighted by Crippen LogP contribution is -2.06. The summed E-state index contributed by atoms with van der Waals surface area (Å²) in [7, 11) is 0. The summed E-state index contributed by atoms with van der Waals surface area (Å²) in [6.45, 7) is 0.857. The number of rotatable bonds is 4. The zero-order valence-electron chi connectivity index (χ0n) is 9.49. The maximum absolute atomic E-state index is 5.87. The number of halogens is 1. The summed E-state index contributed by atoms with van der Waals surface area (Å²) in [6.07, 6.45) is 0.912. The highest BCUT2D eigenvalue weighted by Crippen LogP contribution is 2.14. The SMILES string of the molecule is Nc1ccccc1CCNc1ccc(Cl)cc1. The van der Waals surface area contributed by atoms with E-state index in [0.29, 0.717) is 0 Å². The first kappa shape index (κ1) is 11.8. The van der Waals surface area contributed by atoms with Crippen LogP contribution in [0.1, 0.15) is 5.56 Å².